The highest BCUT2D eigenvalue weighted by atomic mass is 32.1. The molecule has 3 aromatic rings. The van der Waals surface area contributed by atoms with E-state index in [0.29, 0.717) is 23.4 Å². The fourth-order valence-electron chi connectivity index (χ4n) is 3.64. The molecule has 152 valence electrons. The van der Waals surface area contributed by atoms with Gasteiger partial charge in [0.2, 0.25) is 5.82 Å². The van der Waals surface area contributed by atoms with Gasteiger partial charge in [0.25, 0.3) is 5.89 Å². The molecule has 2 heterocycles. The minimum Gasteiger partial charge on any atom is -0.351 e. The number of nitrogens with one attached hydrogen (secondary N) is 1. The van der Waals surface area contributed by atoms with Crippen molar-refractivity contribution in [2.75, 3.05) is 6.54 Å². The van der Waals surface area contributed by atoms with Crippen molar-refractivity contribution < 1.29 is 4.52 Å². The van der Waals surface area contributed by atoms with Crippen molar-refractivity contribution in [1.29, 1.82) is 0 Å². The molecule has 1 atom stereocenters. The van der Waals surface area contributed by atoms with Gasteiger partial charge in [-0.2, -0.15) is 4.98 Å². The quantitative estimate of drug-likeness (QED) is 0.443. The number of aromatic nitrogens is 2. The van der Waals surface area contributed by atoms with Crippen molar-refractivity contribution in [3.8, 4) is 11.4 Å². The van der Waals surface area contributed by atoms with E-state index in [1.54, 1.807) is 0 Å². The lowest BCUT2D eigenvalue weighted by Gasteiger charge is -2.36. The van der Waals surface area contributed by atoms with Crippen LogP contribution in [0.25, 0.3) is 17.0 Å². The van der Waals surface area contributed by atoms with Crippen LogP contribution >= 0.6 is 12.2 Å². The molecular formula is C24H24N4OS. The van der Waals surface area contributed by atoms with E-state index >= 15 is 0 Å². The molecule has 1 unspecified atom stereocenters. The van der Waals surface area contributed by atoms with Crippen molar-refractivity contribution in [2.45, 2.75) is 26.3 Å². The highest BCUT2D eigenvalue weighted by molar-refractivity contribution is 7.80. The number of hydrogen-bond donors (Lipinski definition) is 1. The first-order valence-corrected chi connectivity index (χ1v) is 10.4. The van der Waals surface area contributed by atoms with Gasteiger partial charge in [0.15, 0.2) is 5.11 Å². The van der Waals surface area contributed by atoms with Crippen molar-refractivity contribution in [1.82, 2.24) is 20.4 Å². The van der Waals surface area contributed by atoms with Gasteiger partial charge in [-0.05, 0) is 36.7 Å². The van der Waals surface area contributed by atoms with E-state index in [0.717, 1.165) is 28.8 Å². The topological polar surface area (TPSA) is 54.2 Å². The first-order chi connectivity index (χ1) is 14.6. The number of hydrogen-bond acceptors (Lipinski definition) is 4. The Morgan fingerprint density at radius 3 is 2.57 bits per heavy atom. The Hall–Kier alpha value is -3.25. The number of nitrogens with zero attached hydrogens (tertiary/aromatic N) is 3. The van der Waals surface area contributed by atoms with Gasteiger partial charge in [0.05, 0.1) is 11.6 Å². The summed E-state index contributed by atoms with van der Waals surface area (Å²) in [6.07, 6.45) is 2.82. The van der Waals surface area contributed by atoms with Gasteiger partial charge >= 0.3 is 0 Å². The van der Waals surface area contributed by atoms with Gasteiger partial charge in [-0.25, -0.2) is 0 Å². The van der Waals surface area contributed by atoms with Crippen LogP contribution in [0.5, 0.6) is 0 Å². The first-order valence-electron chi connectivity index (χ1n) is 10.0. The Balaban J connectivity index is 1.81. The zero-order valence-corrected chi connectivity index (χ0v) is 17.9. The highest BCUT2D eigenvalue weighted by Crippen LogP contribution is 2.37. The molecule has 0 aliphatic carbocycles. The van der Waals surface area contributed by atoms with Crippen LogP contribution in [-0.2, 0) is 6.42 Å². The molecule has 1 N–H and O–H groups in total. The summed E-state index contributed by atoms with van der Waals surface area (Å²) in [7, 11) is 0. The number of rotatable bonds is 6. The average Bonchev–Trinajstić information content (AvgIpc) is 3.26. The number of allylic oxidation sites excluding steroid dienone is 1. The van der Waals surface area contributed by atoms with Crippen molar-refractivity contribution in [3.63, 3.8) is 0 Å². The smallest absolute Gasteiger partial charge is 0.258 e. The Bertz CT molecular complexity index is 1090. The lowest BCUT2D eigenvalue weighted by atomic mass is 9.94. The molecule has 0 amide bonds. The van der Waals surface area contributed by atoms with E-state index in [-0.39, 0.29) is 6.04 Å². The van der Waals surface area contributed by atoms with Gasteiger partial charge in [-0.15, -0.1) is 6.58 Å². The summed E-state index contributed by atoms with van der Waals surface area (Å²) < 4.78 is 5.73. The standard InChI is InChI=1S/C24H24N4OS/c1-4-15-28-16(3)20(23-26-22(27-29-23)19-9-7-6-8-10-19)21(25-24(28)30)18-13-11-17(5-2)12-14-18/h4,6-14,21H,1,5,15H2,2-3H3,(H,25,30). The van der Waals surface area contributed by atoms with Gasteiger partial charge in [-0.3, -0.25) is 0 Å². The van der Waals surface area contributed by atoms with Crippen LogP contribution < -0.4 is 5.32 Å². The normalized spacial score (nSPS) is 16.5. The monoisotopic (exact) mass is 416 g/mol. The summed E-state index contributed by atoms with van der Waals surface area (Å²) in [4.78, 5) is 6.71. The Morgan fingerprint density at radius 2 is 1.90 bits per heavy atom. The third kappa shape index (κ3) is 3.78. The van der Waals surface area contributed by atoms with Crippen LogP contribution in [0.2, 0.25) is 0 Å². The van der Waals surface area contributed by atoms with Crippen molar-refractivity contribution in [3.05, 3.63) is 90.0 Å². The van der Waals surface area contributed by atoms with Crippen LogP contribution in [0, 0.1) is 0 Å². The molecule has 0 saturated carbocycles. The molecule has 30 heavy (non-hydrogen) atoms. The summed E-state index contributed by atoms with van der Waals surface area (Å²) in [6, 6.07) is 18.2. The molecule has 5 nitrogen and oxygen atoms in total. The predicted molar refractivity (Wildman–Crippen MR) is 124 cm³/mol. The molecule has 6 heteroatoms. The van der Waals surface area contributed by atoms with Crippen LogP contribution in [0.15, 0.2) is 77.5 Å². The summed E-state index contributed by atoms with van der Waals surface area (Å²) in [6.45, 7) is 8.64. The minimum atomic E-state index is -0.173. The zero-order valence-electron chi connectivity index (χ0n) is 17.1. The Kier molecular flexibility index (Phi) is 5.77. The highest BCUT2D eigenvalue weighted by Gasteiger charge is 2.33. The van der Waals surface area contributed by atoms with E-state index in [4.69, 9.17) is 21.7 Å². The molecule has 0 spiro atoms. The van der Waals surface area contributed by atoms with Crippen LogP contribution in [0.1, 0.15) is 36.9 Å². The van der Waals surface area contributed by atoms with Crippen molar-refractivity contribution in [2.24, 2.45) is 0 Å². The molecule has 4 rings (SSSR count). The van der Waals surface area contributed by atoms with E-state index in [1.165, 1.54) is 5.56 Å². The third-order valence-electron chi connectivity index (χ3n) is 5.32. The van der Waals surface area contributed by atoms with Crippen molar-refractivity contribution >= 4 is 22.9 Å². The molecule has 1 aliphatic rings. The molecule has 1 aromatic heterocycles. The number of benzene rings is 2. The minimum absolute atomic E-state index is 0.173. The zero-order chi connectivity index (χ0) is 21.1. The number of thiocarbonyl (C=S) groups is 1. The van der Waals surface area contributed by atoms with Gasteiger partial charge < -0.3 is 14.7 Å². The fraction of sp³-hybridized carbons (Fsp3) is 0.208. The Morgan fingerprint density at radius 1 is 1.17 bits per heavy atom. The molecule has 2 aromatic carbocycles. The van der Waals surface area contributed by atoms with E-state index < -0.39 is 0 Å². The third-order valence-corrected chi connectivity index (χ3v) is 5.66. The lowest BCUT2D eigenvalue weighted by Crippen LogP contribution is -2.45. The molecule has 0 bridgehead atoms. The van der Waals surface area contributed by atoms with Gasteiger partial charge in [0, 0.05) is 17.8 Å². The average molecular weight is 417 g/mol. The second-order valence-electron chi connectivity index (χ2n) is 7.17. The maximum atomic E-state index is 5.73. The maximum absolute atomic E-state index is 5.73. The van der Waals surface area contributed by atoms with Crippen LogP contribution in [0.3, 0.4) is 0 Å². The molecule has 1 aliphatic heterocycles. The largest absolute Gasteiger partial charge is 0.351 e. The number of aryl methyl sites for hydroxylation is 1. The SMILES string of the molecule is C=CCN1C(=S)NC(c2ccc(CC)cc2)C(c2nc(-c3ccccc3)no2)=C1C. The lowest BCUT2D eigenvalue weighted by molar-refractivity contribution is 0.399. The van der Waals surface area contributed by atoms with E-state index in [9.17, 15) is 0 Å². The van der Waals surface area contributed by atoms with Crippen LogP contribution in [-0.4, -0.2) is 26.7 Å². The molecule has 0 fully saturated rings. The van der Waals surface area contributed by atoms with Crippen LogP contribution in [0.4, 0.5) is 0 Å². The van der Waals surface area contributed by atoms with E-state index in [1.807, 2.05) is 48.2 Å². The maximum Gasteiger partial charge on any atom is 0.258 e. The molecule has 0 radical (unpaired) electrons. The summed E-state index contributed by atoms with van der Waals surface area (Å²) in [5, 5.41) is 8.34. The van der Waals surface area contributed by atoms with E-state index in [2.05, 4.69) is 48.2 Å². The predicted octanol–water partition coefficient (Wildman–Crippen LogP) is 5.15. The summed E-state index contributed by atoms with van der Waals surface area (Å²) >= 11 is 5.65. The molecular weight excluding hydrogens is 392 g/mol. The second-order valence-corrected chi connectivity index (χ2v) is 7.55. The first kappa shape index (κ1) is 20.0. The summed E-state index contributed by atoms with van der Waals surface area (Å²) in [5.74, 6) is 1.05. The fourth-order valence-corrected chi connectivity index (χ4v) is 3.97. The molecule has 0 saturated heterocycles. The van der Waals surface area contributed by atoms with Gasteiger partial charge in [-0.1, -0.05) is 72.8 Å². The second kappa shape index (κ2) is 8.63. The Labute approximate surface area is 182 Å². The van der Waals surface area contributed by atoms with Gasteiger partial charge in [0.1, 0.15) is 0 Å². The summed E-state index contributed by atoms with van der Waals surface area (Å²) in [5.41, 5.74) is 5.20.